The topological polar surface area (TPSA) is 92.8 Å². The molecular formula is C34H29N5O4S. The van der Waals surface area contributed by atoms with Gasteiger partial charge >= 0.3 is 0 Å². The fourth-order valence-electron chi connectivity index (χ4n) is 4.59. The first-order valence-corrected chi connectivity index (χ1v) is 14.8. The average molecular weight is 604 g/mol. The molecule has 0 aliphatic rings. The van der Waals surface area contributed by atoms with E-state index in [9.17, 15) is 4.79 Å². The summed E-state index contributed by atoms with van der Waals surface area (Å²) in [7, 11) is 1.60. The van der Waals surface area contributed by atoms with Crippen molar-refractivity contribution in [2.45, 2.75) is 6.92 Å². The third-order valence-electron chi connectivity index (χ3n) is 6.66. The second kappa shape index (κ2) is 12.8. The van der Waals surface area contributed by atoms with Gasteiger partial charge < -0.3 is 14.2 Å². The normalized spacial score (nSPS) is 11.8. The molecule has 0 aliphatic heterocycles. The molecule has 0 N–H and O–H groups in total. The highest BCUT2D eigenvalue weighted by Crippen LogP contribution is 2.29. The largest absolute Gasteiger partial charge is 0.493 e. The number of hydrogen-bond donors (Lipinski definition) is 0. The van der Waals surface area contributed by atoms with Crippen LogP contribution >= 0.6 is 11.3 Å². The van der Waals surface area contributed by atoms with E-state index in [1.807, 2.05) is 103 Å². The Hall–Kier alpha value is -5.48. The third kappa shape index (κ3) is 6.02. The Morgan fingerprint density at radius 2 is 1.77 bits per heavy atom. The number of para-hydroxylation sites is 1. The van der Waals surface area contributed by atoms with Crippen LogP contribution in [0.25, 0.3) is 40.1 Å². The maximum absolute atomic E-state index is 13.4. The van der Waals surface area contributed by atoms with Crippen molar-refractivity contribution in [1.29, 1.82) is 0 Å². The number of hydrogen-bond acceptors (Lipinski definition) is 8. The highest BCUT2D eigenvalue weighted by molar-refractivity contribution is 7.15. The molecule has 0 amide bonds. The van der Waals surface area contributed by atoms with Crippen LogP contribution in [0, 0.1) is 0 Å². The summed E-state index contributed by atoms with van der Waals surface area (Å²) in [6.07, 6.45) is 9.10. The lowest BCUT2D eigenvalue weighted by Gasteiger charge is -2.09. The van der Waals surface area contributed by atoms with Crippen LogP contribution in [-0.2, 0) is 0 Å². The van der Waals surface area contributed by atoms with Crippen molar-refractivity contribution >= 4 is 34.5 Å². The number of aromatic nitrogens is 5. The van der Waals surface area contributed by atoms with Gasteiger partial charge in [0.2, 0.25) is 4.96 Å². The van der Waals surface area contributed by atoms with Gasteiger partial charge in [-0.3, -0.25) is 4.79 Å². The molecule has 3 aromatic carbocycles. The quantitative estimate of drug-likeness (QED) is 0.176. The van der Waals surface area contributed by atoms with Crippen LogP contribution in [0.3, 0.4) is 0 Å². The van der Waals surface area contributed by atoms with E-state index in [0.717, 1.165) is 33.8 Å². The summed E-state index contributed by atoms with van der Waals surface area (Å²) in [5.41, 5.74) is 3.97. The smallest absolute Gasteiger partial charge is 0.291 e. The van der Waals surface area contributed by atoms with Crippen LogP contribution in [0.4, 0.5) is 0 Å². The maximum atomic E-state index is 13.4. The summed E-state index contributed by atoms with van der Waals surface area (Å²) in [6, 6.07) is 23.2. The lowest BCUT2D eigenvalue weighted by Crippen LogP contribution is -2.23. The molecule has 3 heterocycles. The molecule has 10 heteroatoms. The molecule has 0 spiro atoms. The van der Waals surface area contributed by atoms with Crippen LogP contribution in [0.2, 0.25) is 0 Å². The zero-order valence-electron chi connectivity index (χ0n) is 24.2. The van der Waals surface area contributed by atoms with E-state index in [1.165, 1.54) is 15.9 Å². The summed E-state index contributed by atoms with van der Waals surface area (Å²) in [4.78, 5) is 18.5. The van der Waals surface area contributed by atoms with Gasteiger partial charge in [-0.05, 0) is 73.2 Å². The Kier molecular flexibility index (Phi) is 8.33. The molecule has 0 radical (unpaired) electrons. The minimum absolute atomic E-state index is 0.244. The SMILES string of the molecule is C=CCOc1ccc(-c2nn(-c3ccccc3)cc2/C=c2\sc3nc(/C=C/c4ccc(OCC)c(OC)c4)nn3c2=O)cc1. The molecule has 0 saturated carbocycles. The first-order valence-electron chi connectivity index (χ1n) is 14.0. The lowest BCUT2D eigenvalue weighted by atomic mass is 10.1. The van der Waals surface area contributed by atoms with E-state index in [4.69, 9.17) is 19.3 Å². The molecular weight excluding hydrogens is 574 g/mol. The molecule has 6 aromatic rings. The standard InChI is InChI=1S/C34H29N5O4S/c1-4-19-43-27-15-13-24(14-16-27)32-25(22-38(37-32)26-9-7-6-8-10-26)21-30-33(40)39-34(44-30)35-31(36-39)18-12-23-11-17-28(42-5-2)29(20-23)41-3/h4,6-18,20-22H,1,5,19H2,2-3H3/b18-12+,30-21-. The average Bonchev–Trinajstić information content (AvgIpc) is 3.74. The Bertz CT molecular complexity index is 2060. The lowest BCUT2D eigenvalue weighted by molar-refractivity contribution is 0.311. The third-order valence-corrected chi connectivity index (χ3v) is 7.62. The van der Waals surface area contributed by atoms with Crippen LogP contribution in [0.15, 0.2) is 96.4 Å². The number of fused-ring (bicyclic) bond motifs is 1. The molecule has 220 valence electrons. The predicted molar refractivity (Wildman–Crippen MR) is 174 cm³/mol. The van der Waals surface area contributed by atoms with Gasteiger partial charge in [0.25, 0.3) is 5.56 Å². The molecule has 3 aromatic heterocycles. The Morgan fingerprint density at radius 3 is 2.50 bits per heavy atom. The van der Waals surface area contributed by atoms with Gasteiger partial charge in [0, 0.05) is 17.3 Å². The Labute approximate surface area is 257 Å². The van der Waals surface area contributed by atoms with Gasteiger partial charge in [-0.15, -0.1) is 5.10 Å². The van der Waals surface area contributed by atoms with Crippen molar-refractivity contribution in [3.8, 4) is 34.2 Å². The van der Waals surface area contributed by atoms with E-state index in [2.05, 4.69) is 16.7 Å². The van der Waals surface area contributed by atoms with Gasteiger partial charge in [-0.2, -0.15) is 14.6 Å². The molecule has 0 bridgehead atoms. The fraction of sp³-hybridized carbons (Fsp3) is 0.118. The van der Waals surface area contributed by atoms with Crippen molar-refractivity contribution in [3.05, 3.63) is 123 Å². The van der Waals surface area contributed by atoms with Gasteiger partial charge in [0.05, 0.1) is 23.9 Å². The molecule has 6 rings (SSSR count). The second-order valence-corrected chi connectivity index (χ2v) is 10.6. The molecule has 0 saturated heterocycles. The highest BCUT2D eigenvalue weighted by atomic mass is 32.1. The van der Waals surface area contributed by atoms with Crippen molar-refractivity contribution in [2.75, 3.05) is 20.3 Å². The fourth-order valence-corrected chi connectivity index (χ4v) is 5.49. The number of rotatable bonds is 11. The Morgan fingerprint density at radius 1 is 0.955 bits per heavy atom. The molecule has 0 unspecified atom stereocenters. The molecule has 44 heavy (non-hydrogen) atoms. The summed E-state index contributed by atoms with van der Waals surface area (Å²) >= 11 is 1.28. The van der Waals surface area contributed by atoms with Crippen molar-refractivity contribution in [3.63, 3.8) is 0 Å². The number of thiazole rings is 1. The van der Waals surface area contributed by atoms with E-state index < -0.39 is 0 Å². The van der Waals surface area contributed by atoms with Crippen molar-refractivity contribution in [2.24, 2.45) is 0 Å². The van der Waals surface area contributed by atoms with Crippen molar-refractivity contribution in [1.82, 2.24) is 24.4 Å². The van der Waals surface area contributed by atoms with Gasteiger partial charge in [-0.25, -0.2) is 4.68 Å². The maximum Gasteiger partial charge on any atom is 0.291 e. The van der Waals surface area contributed by atoms with E-state index in [1.54, 1.807) is 19.3 Å². The molecule has 0 fully saturated rings. The molecule has 0 atom stereocenters. The van der Waals surface area contributed by atoms with Gasteiger partial charge in [-0.1, -0.05) is 54.3 Å². The zero-order valence-corrected chi connectivity index (χ0v) is 25.0. The first kappa shape index (κ1) is 28.6. The number of ether oxygens (including phenoxy) is 3. The van der Waals surface area contributed by atoms with E-state index >= 15 is 0 Å². The number of benzene rings is 3. The first-order chi connectivity index (χ1) is 21.6. The summed E-state index contributed by atoms with van der Waals surface area (Å²) < 4.78 is 20.3. The Balaban J connectivity index is 1.34. The van der Waals surface area contributed by atoms with Crippen LogP contribution in [0.5, 0.6) is 17.2 Å². The van der Waals surface area contributed by atoms with Gasteiger partial charge in [0.15, 0.2) is 17.3 Å². The van der Waals surface area contributed by atoms with E-state index in [-0.39, 0.29) is 5.56 Å². The summed E-state index contributed by atoms with van der Waals surface area (Å²) in [5.74, 6) is 2.49. The number of nitrogens with zero attached hydrogens (tertiary/aromatic N) is 5. The minimum Gasteiger partial charge on any atom is -0.493 e. The minimum atomic E-state index is -0.244. The van der Waals surface area contributed by atoms with Crippen LogP contribution in [-0.4, -0.2) is 44.7 Å². The predicted octanol–water partition coefficient (Wildman–Crippen LogP) is 5.69. The second-order valence-electron chi connectivity index (χ2n) is 9.59. The van der Waals surface area contributed by atoms with Crippen molar-refractivity contribution < 1.29 is 14.2 Å². The molecule has 9 nitrogen and oxygen atoms in total. The monoisotopic (exact) mass is 603 g/mol. The summed E-state index contributed by atoms with van der Waals surface area (Å²) in [5, 5.41) is 9.32. The van der Waals surface area contributed by atoms with Crippen LogP contribution < -0.4 is 24.3 Å². The zero-order chi connectivity index (χ0) is 30.5. The number of methoxy groups -OCH3 is 1. The van der Waals surface area contributed by atoms with Gasteiger partial charge in [0.1, 0.15) is 18.1 Å². The van der Waals surface area contributed by atoms with Crippen LogP contribution in [0.1, 0.15) is 23.9 Å². The van der Waals surface area contributed by atoms with E-state index in [0.29, 0.717) is 40.0 Å². The molecule has 0 aliphatic carbocycles. The highest BCUT2D eigenvalue weighted by Gasteiger charge is 2.14. The summed E-state index contributed by atoms with van der Waals surface area (Å²) in [6.45, 7) is 6.59.